The maximum atomic E-state index is 13.0. The Labute approximate surface area is 80.5 Å². The molecule has 1 aromatic heterocycles. The fourth-order valence-corrected chi connectivity index (χ4v) is 0.853. The van der Waals surface area contributed by atoms with E-state index >= 15 is 0 Å². The van der Waals surface area contributed by atoms with E-state index in [9.17, 15) is 22.4 Å². The van der Waals surface area contributed by atoms with E-state index in [1.54, 1.807) is 0 Å². The van der Waals surface area contributed by atoms with E-state index in [0.717, 1.165) is 6.07 Å². The lowest BCUT2D eigenvalue weighted by molar-refractivity contribution is -0.143. The zero-order chi connectivity index (χ0) is 11.6. The molecule has 0 saturated carbocycles. The number of carbonyl (C=O) groups is 1. The smallest absolute Gasteiger partial charge is 0.436 e. The van der Waals surface area contributed by atoms with E-state index in [2.05, 4.69) is 4.98 Å². The van der Waals surface area contributed by atoms with Crippen molar-refractivity contribution in [2.45, 2.75) is 6.18 Å². The topological polar surface area (TPSA) is 62.2 Å². The minimum absolute atomic E-state index is 0.664. The lowest BCUT2D eigenvalue weighted by Crippen LogP contribution is -2.15. The fraction of sp³-hybridized carbons (Fsp3) is 0.143. The van der Waals surface area contributed by atoms with Crippen molar-refractivity contribution in [1.29, 1.82) is 0 Å². The monoisotopic (exact) mass is 224 g/mol. The SMILES string of the molecule is O=C(O)Nc1ccnc(C(F)(F)F)c1F. The summed E-state index contributed by atoms with van der Waals surface area (Å²) in [5, 5.41) is 9.69. The van der Waals surface area contributed by atoms with E-state index in [4.69, 9.17) is 5.11 Å². The van der Waals surface area contributed by atoms with Crippen molar-refractivity contribution in [3.05, 3.63) is 23.8 Å². The summed E-state index contributed by atoms with van der Waals surface area (Å²) in [7, 11) is 0. The molecule has 2 N–H and O–H groups in total. The van der Waals surface area contributed by atoms with Gasteiger partial charge in [0.1, 0.15) is 0 Å². The number of alkyl halides is 3. The van der Waals surface area contributed by atoms with Gasteiger partial charge in [0, 0.05) is 6.20 Å². The molecule has 1 heterocycles. The van der Waals surface area contributed by atoms with Crippen molar-refractivity contribution in [2.24, 2.45) is 0 Å². The molecule has 0 atom stereocenters. The molecule has 0 unspecified atom stereocenters. The molecule has 15 heavy (non-hydrogen) atoms. The summed E-state index contributed by atoms with van der Waals surface area (Å²) >= 11 is 0. The Hall–Kier alpha value is -1.86. The molecule has 1 amide bonds. The molecular formula is C7H4F4N2O2. The molecule has 0 aliphatic heterocycles. The van der Waals surface area contributed by atoms with Gasteiger partial charge in [-0.05, 0) is 6.07 Å². The molecule has 0 aliphatic rings. The van der Waals surface area contributed by atoms with Gasteiger partial charge in [-0.25, -0.2) is 14.2 Å². The number of hydrogen-bond acceptors (Lipinski definition) is 2. The van der Waals surface area contributed by atoms with E-state index in [1.165, 1.54) is 5.32 Å². The van der Waals surface area contributed by atoms with Crippen LogP contribution in [0.15, 0.2) is 12.3 Å². The van der Waals surface area contributed by atoms with E-state index in [0.29, 0.717) is 6.20 Å². The number of halogens is 4. The van der Waals surface area contributed by atoms with Crippen LogP contribution in [0.2, 0.25) is 0 Å². The normalized spacial score (nSPS) is 11.2. The van der Waals surface area contributed by atoms with Gasteiger partial charge in [0.05, 0.1) is 5.69 Å². The van der Waals surface area contributed by atoms with Crippen molar-refractivity contribution < 1.29 is 27.5 Å². The first-order valence-electron chi connectivity index (χ1n) is 3.54. The lowest BCUT2D eigenvalue weighted by Gasteiger charge is -2.09. The van der Waals surface area contributed by atoms with E-state index < -0.39 is 29.5 Å². The van der Waals surface area contributed by atoms with Crippen LogP contribution in [-0.2, 0) is 6.18 Å². The van der Waals surface area contributed by atoms with Gasteiger partial charge in [-0.2, -0.15) is 13.2 Å². The number of carboxylic acid groups (broad SMARTS) is 1. The second-order valence-electron chi connectivity index (χ2n) is 2.45. The van der Waals surface area contributed by atoms with Gasteiger partial charge in [-0.1, -0.05) is 0 Å². The number of hydrogen-bond donors (Lipinski definition) is 2. The first-order valence-corrected chi connectivity index (χ1v) is 3.54. The van der Waals surface area contributed by atoms with Crippen LogP contribution in [0.4, 0.5) is 28.0 Å². The second kappa shape index (κ2) is 3.71. The molecule has 1 rings (SSSR count). The Morgan fingerprint density at radius 1 is 1.47 bits per heavy atom. The standard InChI is InChI=1S/C7H4F4N2O2/c8-4-3(13-6(14)15)1-2-12-5(4)7(9,10)11/h1-2H,(H,12,13)(H,14,15). The predicted molar refractivity (Wildman–Crippen MR) is 40.8 cm³/mol. The van der Waals surface area contributed by atoms with Crippen LogP contribution in [-0.4, -0.2) is 16.2 Å². The first kappa shape index (κ1) is 11.2. The summed E-state index contributed by atoms with van der Waals surface area (Å²) in [6.45, 7) is 0. The average molecular weight is 224 g/mol. The summed E-state index contributed by atoms with van der Waals surface area (Å²) in [6.07, 6.45) is -5.95. The van der Waals surface area contributed by atoms with Crippen LogP contribution in [0, 0.1) is 5.82 Å². The summed E-state index contributed by atoms with van der Waals surface area (Å²) < 4.78 is 49.3. The fourth-order valence-electron chi connectivity index (χ4n) is 0.853. The number of nitrogens with zero attached hydrogens (tertiary/aromatic N) is 1. The zero-order valence-electron chi connectivity index (χ0n) is 6.97. The Morgan fingerprint density at radius 3 is 2.53 bits per heavy atom. The van der Waals surface area contributed by atoms with Crippen LogP contribution >= 0.6 is 0 Å². The highest BCUT2D eigenvalue weighted by Gasteiger charge is 2.37. The Morgan fingerprint density at radius 2 is 2.07 bits per heavy atom. The molecule has 0 spiro atoms. The van der Waals surface area contributed by atoms with Gasteiger partial charge in [0.25, 0.3) is 0 Å². The summed E-state index contributed by atoms with van der Waals surface area (Å²) in [6, 6.07) is 0.790. The molecule has 8 heteroatoms. The molecular weight excluding hydrogens is 220 g/mol. The Bertz CT molecular complexity index is 391. The third-order valence-electron chi connectivity index (χ3n) is 1.40. The lowest BCUT2D eigenvalue weighted by atomic mass is 10.3. The molecule has 82 valence electrons. The van der Waals surface area contributed by atoms with Gasteiger partial charge in [-0.3, -0.25) is 5.32 Å². The number of aromatic nitrogens is 1. The van der Waals surface area contributed by atoms with Crippen LogP contribution in [0.5, 0.6) is 0 Å². The molecule has 0 saturated heterocycles. The largest absolute Gasteiger partial charge is 0.465 e. The van der Waals surface area contributed by atoms with Gasteiger partial charge >= 0.3 is 12.3 Å². The van der Waals surface area contributed by atoms with Crippen LogP contribution in [0.3, 0.4) is 0 Å². The molecule has 4 nitrogen and oxygen atoms in total. The number of nitrogens with one attached hydrogen (secondary N) is 1. The third-order valence-corrected chi connectivity index (χ3v) is 1.40. The highest BCUT2D eigenvalue weighted by atomic mass is 19.4. The van der Waals surface area contributed by atoms with Gasteiger partial charge in [-0.15, -0.1) is 0 Å². The van der Waals surface area contributed by atoms with Crippen molar-refractivity contribution in [1.82, 2.24) is 4.98 Å². The van der Waals surface area contributed by atoms with Gasteiger partial charge in [0.15, 0.2) is 11.5 Å². The summed E-state index contributed by atoms with van der Waals surface area (Å²) in [4.78, 5) is 12.9. The zero-order valence-corrected chi connectivity index (χ0v) is 6.97. The quantitative estimate of drug-likeness (QED) is 0.719. The average Bonchev–Trinajstić information content (AvgIpc) is 2.05. The van der Waals surface area contributed by atoms with Crippen LogP contribution in [0.25, 0.3) is 0 Å². The van der Waals surface area contributed by atoms with Crippen molar-refractivity contribution >= 4 is 11.8 Å². The van der Waals surface area contributed by atoms with Crippen LogP contribution < -0.4 is 5.32 Å². The highest BCUT2D eigenvalue weighted by Crippen LogP contribution is 2.31. The molecule has 0 radical (unpaired) electrons. The van der Waals surface area contributed by atoms with Crippen molar-refractivity contribution in [3.63, 3.8) is 0 Å². The molecule has 0 aliphatic carbocycles. The molecule has 0 fully saturated rings. The minimum atomic E-state index is -4.96. The molecule has 1 aromatic rings. The molecule has 0 aromatic carbocycles. The molecule has 0 bridgehead atoms. The van der Waals surface area contributed by atoms with Crippen LogP contribution in [0.1, 0.15) is 5.69 Å². The maximum Gasteiger partial charge on any atom is 0.436 e. The summed E-state index contributed by atoms with van der Waals surface area (Å²) in [5.74, 6) is -1.74. The van der Waals surface area contributed by atoms with E-state index in [-0.39, 0.29) is 0 Å². The Balaban J connectivity index is 3.17. The maximum absolute atomic E-state index is 13.0. The van der Waals surface area contributed by atoms with Crippen molar-refractivity contribution in [3.8, 4) is 0 Å². The van der Waals surface area contributed by atoms with Gasteiger partial charge < -0.3 is 5.11 Å². The third kappa shape index (κ3) is 2.55. The highest BCUT2D eigenvalue weighted by molar-refractivity contribution is 5.82. The first-order chi connectivity index (χ1) is 6.82. The Kier molecular flexibility index (Phi) is 2.78. The number of anilines is 1. The number of rotatable bonds is 1. The summed E-state index contributed by atoms with van der Waals surface area (Å²) in [5.41, 5.74) is -2.54. The minimum Gasteiger partial charge on any atom is -0.465 e. The van der Waals surface area contributed by atoms with Gasteiger partial charge in [0.2, 0.25) is 0 Å². The predicted octanol–water partition coefficient (Wildman–Crippen LogP) is 2.33. The van der Waals surface area contributed by atoms with Crippen molar-refractivity contribution in [2.75, 3.05) is 5.32 Å². The second-order valence-corrected chi connectivity index (χ2v) is 2.45. The number of pyridine rings is 1. The van der Waals surface area contributed by atoms with E-state index in [1.807, 2.05) is 0 Å². The number of amides is 1.